The Hall–Kier alpha value is -0.870. The number of carbonyl (C=O) groups is 1. The Morgan fingerprint density at radius 3 is 2.75 bits per heavy atom. The smallest absolute Gasteiger partial charge is 0.239 e. The van der Waals surface area contributed by atoms with Gasteiger partial charge in [0.05, 0.1) is 6.04 Å². The van der Waals surface area contributed by atoms with Crippen molar-refractivity contribution in [3.63, 3.8) is 0 Å². The Morgan fingerprint density at radius 2 is 2.15 bits per heavy atom. The summed E-state index contributed by atoms with van der Waals surface area (Å²) in [6, 6.07) is 5.01. The van der Waals surface area contributed by atoms with E-state index in [-0.39, 0.29) is 18.0 Å². The van der Waals surface area contributed by atoms with E-state index < -0.39 is 0 Å². The fourth-order valence-corrected chi connectivity index (χ4v) is 3.90. The molecule has 1 saturated heterocycles. The number of rotatable bonds is 5. The van der Waals surface area contributed by atoms with Gasteiger partial charge in [0.2, 0.25) is 5.91 Å². The van der Waals surface area contributed by atoms with Gasteiger partial charge in [0.25, 0.3) is 0 Å². The first-order valence-corrected chi connectivity index (χ1v) is 8.41. The molecule has 2 rings (SSSR count). The number of piperidine rings is 1. The monoisotopic (exact) mass is 294 g/mol. The van der Waals surface area contributed by atoms with Gasteiger partial charge in [-0.05, 0) is 38.8 Å². The second kappa shape index (κ2) is 6.72. The number of carbonyl (C=O) groups excluding carboxylic acids is 1. The zero-order chi connectivity index (χ0) is 14.7. The highest BCUT2D eigenvalue weighted by Crippen LogP contribution is 2.21. The predicted octanol–water partition coefficient (Wildman–Crippen LogP) is 2.98. The van der Waals surface area contributed by atoms with Crippen molar-refractivity contribution in [1.82, 2.24) is 10.2 Å². The molecular weight excluding hydrogens is 268 g/mol. The first-order valence-electron chi connectivity index (χ1n) is 7.59. The summed E-state index contributed by atoms with van der Waals surface area (Å²) in [7, 11) is 0. The van der Waals surface area contributed by atoms with Crippen LogP contribution in [0.4, 0.5) is 0 Å². The van der Waals surface area contributed by atoms with Crippen molar-refractivity contribution in [3.8, 4) is 0 Å². The summed E-state index contributed by atoms with van der Waals surface area (Å²) in [5.41, 5.74) is 0. The molecule has 1 aliphatic rings. The van der Waals surface area contributed by atoms with Crippen LogP contribution in [0.15, 0.2) is 12.1 Å². The summed E-state index contributed by atoms with van der Waals surface area (Å²) < 4.78 is 0. The van der Waals surface area contributed by atoms with Gasteiger partial charge in [-0.25, -0.2) is 0 Å². The van der Waals surface area contributed by atoms with Gasteiger partial charge in [0.15, 0.2) is 0 Å². The Morgan fingerprint density at radius 1 is 1.40 bits per heavy atom. The van der Waals surface area contributed by atoms with Crippen LogP contribution >= 0.6 is 11.3 Å². The predicted molar refractivity (Wildman–Crippen MR) is 85.2 cm³/mol. The first kappa shape index (κ1) is 15.5. The second-order valence-corrected chi connectivity index (χ2v) is 7.49. The Labute approximate surface area is 126 Å². The van der Waals surface area contributed by atoms with Crippen molar-refractivity contribution in [3.05, 3.63) is 21.9 Å². The van der Waals surface area contributed by atoms with E-state index in [1.807, 2.05) is 11.3 Å². The van der Waals surface area contributed by atoms with Gasteiger partial charge in [-0.1, -0.05) is 13.8 Å². The zero-order valence-corrected chi connectivity index (χ0v) is 13.8. The minimum Gasteiger partial charge on any atom is -0.338 e. The third-order valence-corrected chi connectivity index (χ3v) is 4.86. The molecule has 2 heterocycles. The maximum atomic E-state index is 12.6. The lowest BCUT2D eigenvalue weighted by Crippen LogP contribution is -2.55. The number of likely N-dealkylation sites (tertiary alicyclic amines) is 1. The molecule has 0 spiro atoms. The fraction of sp³-hybridized carbons (Fsp3) is 0.688. The van der Waals surface area contributed by atoms with Crippen LogP contribution in [-0.2, 0) is 11.2 Å². The first-order chi connectivity index (χ1) is 9.47. The number of hydrogen-bond donors (Lipinski definition) is 1. The summed E-state index contributed by atoms with van der Waals surface area (Å²) in [5, 5.41) is 3.40. The van der Waals surface area contributed by atoms with E-state index >= 15 is 0 Å². The topological polar surface area (TPSA) is 32.3 Å². The third-order valence-electron chi connectivity index (χ3n) is 3.83. The normalized spacial score (nSPS) is 21.6. The van der Waals surface area contributed by atoms with Crippen LogP contribution in [0.25, 0.3) is 0 Å². The van der Waals surface area contributed by atoms with Gasteiger partial charge < -0.3 is 10.2 Å². The van der Waals surface area contributed by atoms with E-state index in [1.165, 1.54) is 9.75 Å². The molecule has 0 saturated carbocycles. The van der Waals surface area contributed by atoms with Crippen molar-refractivity contribution in [2.24, 2.45) is 0 Å². The maximum Gasteiger partial charge on any atom is 0.239 e. The molecule has 1 aromatic rings. The lowest BCUT2D eigenvalue weighted by Gasteiger charge is -2.37. The van der Waals surface area contributed by atoms with E-state index in [2.05, 4.69) is 50.0 Å². The van der Waals surface area contributed by atoms with E-state index in [1.54, 1.807) is 0 Å². The molecule has 20 heavy (non-hydrogen) atoms. The van der Waals surface area contributed by atoms with Crippen molar-refractivity contribution >= 4 is 17.2 Å². The van der Waals surface area contributed by atoms with Crippen molar-refractivity contribution in [1.29, 1.82) is 0 Å². The molecule has 1 N–H and O–H groups in total. The lowest BCUT2D eigenvalue weighted by atomic mass is 10.0. The van der Waals surface area contributed by atoms with Gasteiger partial charge >= 0.3 is 0 Å². The third kappa shape index (κ3) is 3.83. The van der Waals surface area contributed by atoms with E-state index in [0.29, 0.717) is 6.04 Å². The molecule has 0 radical (unpaired) electrons. The van der Waals surface area contributed by atoms with Gasteiger partial charge in [-0.2, -0.15) is 0 Å². The summed E-state index contributed by atoms with van der Waals surface area (Å²) in [4.78, 5) is 17.4. The van der Waals surface area contributed by atoms with Crippen LogP contribution in [0, 0.1) is 6.92 Å². The van der Waals surface area contributed by atoms with Gasteiger partial charge in [0.1, 0.15) is 0 Å². The highest BCUT2D eigenvalue weighted by Gasteiger charge is 2.31. The van der Waals surface area contributed by atoms with Crippen LogP contribution < -0.4 is 5.32 Å². The molecule has 4 heteroatoms. The van der Waals surface area contributed by atoms with Gasteiger partial charge in [-0.3, -0.25) is 4.79 Å². The zero-order valence-electron chi connectivity index (χ0n) is 13.0. The molecule has 1 amide bonds. The van der Waals surface area contributed by atoms with Crippen LogP contribution in [-0.4, -0.2) is 35.5 Å². The Kier molecular flexibility index (Phi) is 5.22. The van der Waals surface area contributed by atoms with Crippen LogP contribution in [0.1, 0.15) is 43.4 Å². The number of amides is 1. The molecule has 2 unspecified atom stereocenters. The summed E-state index contributed by atoms with van der Waals surface area (Å²) in [6.45, 7) is 9.41. The second-order valence-electron chi connectivity index (χ2n) is 6.11. The Bertz CT molecular complexity index is 455. The van der Waals surface area contributed by atoms with Crippen LogP contribution in [0.5, 0.6) is 0 Å². The summed E-state index contributed by atoms with van der Waals surface area (Å²) in [6.07, 6.45) is 3.04. The van der Waals surface area contributed by atoms with Gasteiger partial charge in [-0.15, -0.1) is 11.3 Å². The van der Waals surface area contributed by atoms with E-state index in [4.69, 9.17) is 0 Å². The number of nitrogens with zero attached hydrogens (tertiary/aromatic N) is 1. The number of nitrogens with one attached hydrogen (secondary N) is 1. The van der Waals surface area contributed by atoms with E-state index in [9.17, 15) is 4.79 Å². The molecule has 1 aliphatic heterocycles. The molecule has 2 atom stereocenters. The molecule has 3 nitrogen and oxygen atoms in total. The van der Waals surface area contributed by atoms with Gasteiger partial charge in [0, 0.05) is 34.8 Å². The molecule has 1 fully saturated rings. The standard InChI is InChI=1S/C16H26N2OS/c1-11(2)17-15-6-5-9-18(16(15)19)12(3)10-14-8-7-13(4)20-14/h7-8,11-12,15,17H,5-6,9-10H2,1-4H3. The van der Waals surface area contributed by atoms with E-state index in [0.717, 1.165) is 25.8 Å². The molecule has 0 aromatic carbocycles. The largest absolute Gasteiger partial charge is 0.338 e. The summed E-state index contributed by atoms with van der Waals surface area (Å²) >= 11 is 1.84. The van der Waals surface area contributed by atoms with Crippen molar-refractivity contribution in [2.45, 2.75) is 65.1 Å². The maximum absolute atomic E-state index is 12.6. The Balaban J connectivity index is 1.97. The number of thiophene rings is 1. The fourth-order valence-electron chi connectivity index (χ4n) is 2.89. The minimum absolute atomic E-state index is 0.0104. The lowest BCUT2D eigenvalue weighted by molar-refractivity contribution is -0.138. The highest BCUT2D eigenvalue weighted by atomic mass is 32.1. The van der Waals surface area contributed by atoms with Crippen molar-refractivity contribution in [2.75, 3.05) is 6.54 Å². The number of hydrogen-bond acceptors (Lipinski definition) is 3. The molecule has 1 aromatic heterocycles. The quantitative estimate of drug-likeness (QED) is 0.905. The molecule has 0 bridgehead atoms. The summed E-state index contributed by atoms with van der Waals surface area (Å²) in [5.74, 6) is 0.283. The average Bonchev–Trinajstić information content (AvgIpc) is 2.76. The number of aryl methyl sites for hydroxylation is 1. The highest BCUT2D eigenvalue weighted by molar-refractivity contribution is 7.11. The average molecular weight is 294 g/mol. The minimum atomic E-state index is 0.0104. The van der Waals surface area contributed by atoms with Crippen molar-refractivity contribution < 1.29 is 4.79 Å². The molecular formula is C16H26N2OS. The SMILES string of the molecule is Cc1ccc(CC(C)N2CCCC(NC(C)C)C2=O)s1. The molecule has 0 aliphatic carbocycles. The van der Waals surface area contributed by atoms with Crippen LogP contribution in [0.3, 0.4) is 0 Å². The van der Waals surface area contributed by atoms with Crippen LogP contribution in [0.2, 0.25) is 0 Å². The molecule has 112 valence electrons.